The zero-order valence-corrected chi connectivity index (χ0v) is 28.0. The smallest absolute Gasteiger partial charge is 0.337 e. The molecule has 0 saturated heterocycles. The van der Waals surface area contributed by atoms with Crippen LogP contribution in [-0.4, -0.2) is 49.9 Å². The molecule has 12 heteroatoms. The van der Waals surface area contributed by atoms with E-state index in [4.69, 9.17) is 18.9 Å². The maximum atomic E-state index is 12.5. The van der Waals surface area contributed by atoms with Gasteiger partial charge in [0.1, 0.15) is 19.0 Å². The highest BCUT2D eigenvalue weighted by Crippen LogP contribution is 2.35. The Kier molecular flexibility index (Phi) is 12.4. The predicted molar refractivity (Wildman–Crippen MR) is 183 cm³/mol. The third-order valence-corrected chi connectivity index (χ3v) is 7.58. The number of ether oxygens (including phenoxy) is 4. The summed E-state index contributed by atoms with van der Waals surface area (Å²) < 4.78 is 23.8. The first-order chi connectivity index (χ1) is 22.2. The molecule has 1 aliphatic rings. The first-order valence-electron chi connectivity index (χ1n) is 14.6. The number of hydrazone groups is 1. The van der Waals surface area contributed by atoms with E-state index in [1.807, 2.05) is 55.5 Å². The molecule has 3 aromatic rings. The number of methoxy groups -OCH3 is 1. The van der Waals surface area contributed by atoms with Gasteiger partial charge in [0, 0.05) is 9.27 Å². The molecular weight excluding hydrogens is 703 g/mol. The summed E-state index contributed by atoms with van der Waals surface area (Å²) in [5.74, 6) is 0.945. The van der Waals surface area contributed by atoms with Crippen LogP contribution in [0.5, 0.6) is 17.2 Å². The van der Waals surface area contributed by atoms with Gasteiger partial charge >= 0.3 is 12.0 Å². The average molecular weight is 741 g/mol. The normalized spacial score (nSPS) is 15.1. The van der Waals surface area contributed by atoms with Gasteiger partial charge in [0.2, 0.25) is 0 Å². The summed E-state index contributed by atoms with van der Waals surface area (Å²) in [6, 6.07) is 17.7. The van der Waals surface area contributed by atoms with Gasteiger partial charge < -0.3 is 34.7 Å². The lowest BCUT2D eigenvalue weighted by Gasteiger charge is -2.28. The van der Waals surface area contributed by atoms with Gasteiger partial charge in [-0.25, -0.2) is 9.59 Å². The Morgan fingerprint density at radius 2 is 1.85 bits per heavy atom. The minimum absolute atomic E-state index is 0.139. The molecule has 0 radical (unpaired) electrons. The molecule has 11 nitrogen and oxygen atoms in total. The molecule has 0 aromatic heterocycles. The van der Waals surface area contributed by atoms with Crippen LogP contribution in [-0.2, 0) is 22.6 Å². The zero-order chi connectivity index (χ0) is 33.1. The number of hydrogen-bond donors (Lipinski definition) is 4. The standard InChI is InChI=1S/C34H37IN4O7/c1-5-7-24-16-23(10-14-27(24)45-19-22-8-12-26(35)13-9-22)18-36-39-30(40)20-46-28-15-11-25(17-29(28)44-6-2)32-31(33(41)43-4)21(3)37-34(42)38-32/h5,8-18,30,32,39-40H,1,6-7,19-20H2,2-4H3,(H2,37,38,42)/b36-18-/t30-,32-/m0/s1. The number of rotatable bonds is 15. The largest absolute Gasteiger partial charge is 0.490 e. The van der Waals surface area contributed by atoms with Crippen LogP contribution in [0.4, 0.5) is 4.79 Å². The molecule has 0 spiro atoms. The van der Waals surface area contributed by atoms with Crippen molar-refractivity contribution in [3.05, 3.63) is 110 Å². The van der Waals surface area contributed by atoms with Crippen molar-refractivity contribution >= 4 is 40.8 Å². The highest BCUT2D eigenvalue weighted by molar-refractivity contribution is 14.1. The topological polar surface area (TPSA) is 140 Å². The molecule has 4 rings (SSSR count). The molecule has 0 unspecified atom stereocenters. The van der Waals surface area contributed by atoms with Crippen molar-refractivity contribution in [1.29, 1.82) is 0 Å². The van der Waals surface area contributed by atoms with E-state index in [-0.39, 0.29) is 12.2 Å². The Morgan fingerprint density at radius 3 is 2.57 bits per heavy atom. The van der Waals surface area contributed by atoms with Gasteiger partial charge in [-0.05, 0) is 108 Å². The van der Waals surface area contributed by atoms with Crippen molar-refractivity contribution in [3.63, 3.8) is 0 Å². The molecule has 4 N–H and O–H groups in total. The monoisotopic (exact) mass is 740 g/mol. The lowest BCUT2D eigenvalue weighted by Crippen LogP contribution is -2.45. The SMILES string of the molecule is C=CCc1cc(/C=N\N[C@@H](O)COc2ccc([C@@H]3NC(=O)NC(C)=C3C(=O)OC)cc2OCC)ccc1OCc1ccc(I)cc1. The average Bonchev–Trinajstić information content (AvgIpc) is 3.04. The fourth-order valence-electron chi connectivity index (χ4n) is 4.70. The number of hydrogen-bond acceptors (Lipinski definition) is 9. The van der Waals surface area contributed by atoms with Gasteiger partial charge in [-0.3, -0.25) is 5.43 Å². The van der Waals surface area contributed by atoms with E-state index in [9.17, 15) is 14.7 Å². The quantitative estimate of drug-likeness (QED) is 0.0421. The summed E-state index contributed by atoms with van der Waals surface area (Å²) in [5.41, 5.74) is 6.79. The summed E-state index contributed by atoms with van der Waals surface area (Å²) in [6.07, 6.45) is 2.91. The number of benzene rings is 3. The van der Waals surface area contributed by atoms with Crippen LogP contribution in [0.15, 0.2) is 89.7 Å². The third kappa shape index (κ3) is 9.23. The third-order valence-electron chi connectivity index (χ3n) is 6.87. The van der Waals surface area contributed by atoms with Crippen molar-refractivity contribution in [2.75, 3.05) is 20.3 Å². The summed E-state index contributed by atoms with van der Waals surface area (Å²) in [7, 11) is 1.28. The Morgan fingerprint density at radius 1 is 1.09 bits per heavy atom. The molecule has 0 bridgehead atoms. The molecule has 242 valence electrons. The number of carbonyl (C=O) groups excluding carboxylic acids is 2. The Bertz CT molecular complexity index is 1610. The van der Waals surface area contributed by atoms with E-state index in [0.717, 1.165) is 22.4 Å². The molecule has 0 fully saturated rings. The van der Waals surface area contributed by atoms with Crippen molar-refractivity contribution in [3.8, 4) is 17.2 Å². The van der Waals surface area contributed by atoms with Crippen LogP contribution in [0, 0.1) is 3.57 Å². The minimum atomic E-state index is -1.13. The van der Waals surface area contributed by atoms with Crippen LogP contribution < -0.4 is 30.3 Å². The highest BCUT2D eigenvalue weighted by Gasteiger charge is 2.32. The van der Waals surface area contributed by atoms with Crippen molar-refractivity contribution in [1.82, 2.24) is 16.1 Å². The predicted octanol–water partition coefficient (Wildman–Crippen LogP) is 5.12. The van der Waals surface area contributed by atoms with E-state index in [1.54, 1.807) is 31.3 Å². The Labute approximate surface area is 281 Å². The molecule has 2 atom stereocenters. The lowest BCUT2D eigenvalue weighted by molar-refractivity contribution is -0.136. The first kappa shape index (κ1) is 34.3. The zero-order valence-electron chi connectivity index (χ0n) is 25.8. The highest BCUT2D eigenvalue weighted by atomic mass is 127. The number of esters is 1. The molecule has 0 aliphatic carbocycles. The number of amides is 2. The lowest BCUT2D eigenvalue weighted by atomic mass is 9.95. The first-order valence-corrected chi connectivity index (χ1v) is 15.6. The molecule has 2 amide bonds. The Hall–Kier alpha value is -4.56. The number of nitrogens with zero attached hydrogens (tertiary/aromatic N) is 1. The molecular formula is C34H37IN4O7. The van der Waals surface area contributed by atoms with E-state index < -0.39 is 24.3 Å². The maximum absolute atomic E-state index is 12.5. The van der Waals surface area contributed by atoms with Crippen LogP contribution in [0.3, 0.4) is 0 Å². The Balaban J connectivity index is 1.37. The molecule has 1 heterocycles. The molecule has 0 saturated carbocycles. The molecule has 3 aromatic carbocycles. The second-order valence-corrected chi connectivity index (χ2v) is 11.4. The summed E-state index contributed by atoms with van der Waals surface area (Å²) in [4.78, 5) is 24.6. The number of carbonyl (C=O) groups is 2. The van der Waals surface area contributed by atoms with Crippen LogP contribution >= 0.6 is 22.6 Å². The van der Waals surface area contributed by atoms with Gasteiger partial charge in [-0.2, -0.15) is 5.10 Å². The number of halogens is 1. The van der Waals surface area contributed by atoms with Crippen LogP contribution in [0.2, 0.25) is 0 Å². The number of aliphatic hydroxyl groups excluding tert-OH is 1. The number of urea groups is 1. The van der Waals surface area contributed by atoms with E-state index in [0.29, 0.717) is 42.4 Å². The number of nitrogens with one attached hydrogen (secondary N) is 3. The van der Waals surface area contributed by atoms with E-state index >= 15 is 0 Å². The van der Waals surface area contributed by atoms with Gasteiger partial charge in [0.15, 0.2) is 17.7 Å². The van der Waals surface area contributed by atoms with Crippen molar-refractivity contribution in [2.24, 2.45) is 5.10 Å². The van der Waals surface area contributed by atoms with Gasteiger partial charge in [-0.1, -0.05) is 24.3 Å². The number of aliphatic hydroxyl groups is 1. The van der Waals surface area contributed by atoms with E-state index in [1.165, 1.54) is 10.7 Å². The molecule has 46 heavy (non-hydrogen) atoms. The van der Waals surface area contributed by atoms with Crippen LogP contribution in [0.1, 0.15) is 42.1 Å². The minimum Gasteiger partial charge on any atom is -0.490 e. The fourth-order valence-corrected chi connectivity index (χ4v) is 5.06. The summed E-state index contributed by atoms with van der Waals surface area (Å²) >= 11 is 2.27. The number of allylic oxidation sites excluding steroid dienone is 2. The summed E-state index contributed by atoms with van der Waals surface area (Å²) in [6.45, 7) is 7.96. The summed E-state index contributed by atoms with van der Waals surface area (Å²) in [5, 5.41) is 20.0. The molecule has 1 aliphatic heterocycles. The van der Waals surface area contributed by atoms with Crippen molar-refractivity contribution < 1.29 is 33.6 Å². The van der Waals surface area contributed by atoms with Crippen molar-refractivity contribution in [2.45, 2.75) is 39.1 Å². The van der Waals surface area contributed by atoms with E-state index in [2.05, 4.69) is 50.3 Å². The second kappa shape index (κ2) is 16.7. The maximum Gasteiger partial charge on any atom is 0.337 e. The fraction of sp³-hybridized carbons (Fsp3) is 0.265. The van der Waals surface area contributed by atoms with Gasteiger partial charge in [0.25, 0.3) is 0 Å². The second-order valence-electron chi connectivity index (χ2n) is 10.2. The van der Waals surface area contributed by atoms with Gasteiger partial charge in [-0.15, -0.1) is 6.58 Å². The van der Waals surface area contributed by atoms with Gasteiger partial charge in [0.05, 0.1) is 31.5 Å². The van der Waals surface area contributed by atoms with Crippen LogP contribution in [0.25, 0.3) is 0 Å².